The molecule has 2 N–H and O–H groups in total. The monoisotopic (exact) mass is 233 g/mol. The largest absolute Gasteiger partial charge is 0.383 e. The van der Waals surface area contributed by atoms with Crippen molar-refractivity contribution in [3.63, 3.8) is 0 Å². The van der Waals surface area contributed by atoms with Crippen LogP contribution in [0.1, 0.15) is 25.5 Å². The van der Waals surface area contributed by atoms with E-state index in [9.17, 15) is 0 Å². The summed E-state index contributed by atoms with van der Waals surface area (Å²) in [6, 6.07) is 0. The number of nitrogen functional groups attached to an aromatic ring is 1. The Balaban J connectivity index is 2.34. The summed E-state index contributed by atoms with van der Waals surface area (Å²) in [5, 5.41) is 4.22. The summed E-state index contributed by atoms with van der Waals surface area (Å²) in [6.07, 6.45) is 5.90. The van der Waals surface area contributed by atoms with Crippen molar-refractivity contribution in [3.8, 4) is 11.3 Å². The molecule has 17 heavy (non-hydrogen) atoms. The predicted molar refractivity (Wildman–Crippen MR) is 68.5 cm³/mol. The summed E-state index contributed by atoms with van der Waals surface area (Å²) in [6.45, 7) is 5.11. The maximum absolute atomic E-state index is 6.12. The third kappa shape index (κ3) is 2.05. The van der Waals surface area contributed by atoms with Gasteiger partial charge in [0.05, 0.1) is 12.5 Å². The standard InChI is InChI=1S/C12H19N5/c1-4-5-6-17-8-14-11(12(17)13)10-7-15-16(3)9(10)2/h7-8H,4-6,13H2,1-3H3. The summed E-state index contributed by atoms with van der Waals surface area (Å²) < 4.78 is 3.84. The van der Waals surface area contributed by atoms with E-state index in [4.69, 9.17) is 5.73 Å². The van der Waals surface area contributed by atoms with E-state index in [1.807, 2.05) is 35.7 Å². The van der Waals surface area contributed by atoms with E-state index in [0.29, 0.717) is 0 Å². The molecule has 0 spiro atoms. The third-order valence-corrected chi connectivity index (χ3v) is 3.12. The fraction of sp³-hybridized carbons (Fsp3) is 0.500. The molecule has 0 aromatic carbocycles. The van der Waals surface area contributed by atoms with Gasteiger partial charge in [-0.2, -0.15) is 5.10 Å². The Hall–Kier alpha value is -1.78. The SMILES string of the molecule is CCCCn1cnc(-c2cnn(C)c2C)c1N. The highest BCUT2D eigenvalue weighted by Gasteiger charge is 2.14. The normalized spacial score (nSPS) is 11.0. The molecule has 0 aliphatic rings. The second-order valence-electron chi connectivity index (χ2n) is 4.29. The van der Waals surface area contributed by atoms with Crippen LogP contribution in [0.5, 0.6) is 0 Å². The zero-order valence-corrected chi connectivity index (χ0v) is 10.6. The number of aryl methyl sites for hydroxylation is 2. The van der Waals surface area contributed by atoms with Crippen molar-refractivity contribution in [2.75, 3.05) is 5.73 Å². The molecule has 0 fully saturated rings. The summed E-state index contributed by atoms with van der Waals surface area (Å²) in [4.78, 5) is 4.40. The highest BCUT2D eigenvalue weighted by atomic mass is 15.3. The molecule has 5 nitrogen and oxygen atoms in total. The van der Waals surface area contributed by atoms with Crippen LogP contribution in [-0.4, -0.2) is 19.3 Å². The van der Waals surface area contributed by atoms with Crippen LogP contribution < -0.4 is 5.73 Å². The minimum absolute atomic E-state index is 0.731. The maximum atomic E-state index is 6.12. The molecule has 0 bridgehead atoms. The van der Waals surface area contributed by atoms with Gasteiger partial charge >= 0.3 is 0 Å². The Labute approximate surface area is 101 Å². The number of unbranched alkanes of at least 4 members (excludes halogenated alkanes) is 1. The summed E-state index contributed by atoms with van der Waals surface area (Å²) >= 11 is 0. The summed E-state index contributed by atoms with van der Waals surface area (Å²) in [5.41, 5.74) is 9.05. The van der Waals surface area contributed by atoms with Gasteiger partial charge in [0.15, 0.2) is 0 Å². The summed E-state index contributed by atoms with van der Waals surface area (Å²) in [5.74, 6) is 0.731. The molecule has 2 aromatic heterocycles. The van der Waals surface area contributed by atoms with Gasteiger partial charge in [0.25, 0.3) is 0 Å². The Morgan fingerprint density at radius 2 is 2.18 bits per heavy atom. The molecule has 2 rings (SSSR count). The molecule has 92 valence electrons. The van der Waals surface area contributed by atoms with E-state index in [-0.39, 0.29) is 0 Å². The van der Waals surface area contributed by atoms with Gasteiger partial charge in [0, 0.05) is 24.8 Å². The molecule has 0 unspecified atom stereocenters. The second kappa shape index (κ2) is 4.61. The molecule has 2 heterocycles. The van der Waals surface area contributed by atoms with Crippen LogP contribution in [0.3, 0.4) is 0 Å². The first-order chi connectivity index (χ1) is 8.15. The zero-order chi connectivity index (χ0) is 12.4. The van der Waals surface area contributed by atoms with Crippen molar-refractivity contribution in [1.82, 2.24) is 19.3 Å². The van der Waals surface area contributed by atoms with E-state index in [2.05, 4.69) is 17.0 Å². The van der Waals surface area contributed by atoms with E-state index in [0.717, 1.165) is 42.2 Å². The van der Waals surface area contributed by atoms with Crippen molar-refractivity contribution in [2.45, 2.75) is 33.2 Å². The maximum Gasteiger partial charge on any atom is 0.131 e. The molecular weight excluding hydrogens is 214 g/mol. The number of hydrogen-bond donors (Lipinski definition) is 1. The van der Waals surface area contributed by atoms with E-state index in [1.54, 1.807) is 0 Å². The number of nitrogens with two attached hydrogens (primary N) is 1. The molecular formula is C12H19N5. The topological polar surface area (TPSA) is 61.7 Å². The number of nitrogens with zero attached hydrogens (tertiary/aromatic N) is 4. The quantitative estimate of drug-likeness (QED) is 0.878. The van der Waals surface area contributed by atoms with E-state index in [1.165, 1.54) is 0 Å². The van der Waals surface area contributed by atoms with Crippen molar-refractivity contribution < 1.29 is 0 Å². The van der Waals surface area contributed by atoms with Gasteiger partial charge in [-0.15, -0.1) is 0 Å². The first-order valence-corrected chi connectivity index (χ1v) is 5.94. The van der Waals surface area contributed by atoms with E-state index >= 15 is 0 Å². The first kappa shape index (κ1) is 11.7. The smallest absolute Gasteiger partial charge is 0.131 e. The van der Waals surface area contributed by atoms with Crippen LogP contribution >= 0.6 is 0 Å². The van der Waals surface area contributed by atoms with Gasteiger partial charge in [-0.1, -0.05) is 13.3 Å². The molecule has 0 atom stereocenters. The Kier molecular flexibility index (Phi) is 3.17. The average molecular weight is 233 g/mol. The fourth-order valence-corrected chi connectivity index (χ4v) is 1.84. The molecule has 0 radical (unpaired) electrons. The lowest BCUT2D eigenvalue weighted by atomic mass is 10.2. The van der Waals surface area contributed by atoms with Gasteiger partial charge < -0.3 is 10.3 Å². The molecule has 0 amide bonds. The molecule has 5 heteroatoms. The molecule has 0 saturated carbocycles. The predicted octanol–water partition coefficient (Wildman–Crippen LogP) is 1.97. The molecule has 0 aliphatic heterocycles. The third-order valence-electron chi connectivity index (χ3n) is 3.12. The van der Waals surface area contributed by atoms with Gasteiger partial charge in [0.1, 0.15) is 11.5 Å². The van der Waals surface area contributed by atoms with Gasteiger partial charge in [-0.3, -0.25) is 4.68 Å². The van der Waals surface area contributed by atoms with Gasteiger partial charge in [0.2, 0.25) is 0 Å². The summed E-state index contributed by atoms with van der Waals surface area (Å²) in [7, 11) is 1.92. The fourth-order valence-electron chi connectivity index (χ4n) is 1.84. The van der Waals surface area contributed by atoms with Crippen LogP contribution in [0.4, 0.5) is 5.82 Å². The minimum Gasteiger partial charge on any atom is -0.383 e. The zero-order valence-electron chi connectivity index (χ0n) is 10.6. The van der Waals surface area contributed by atoms with Crippen LogP contribution in [0.25, 0.3) is 11.3 Å². The van der Waals surface area contributed by atoms with Gasteiger partial charge in [-0.25, -0.2) is 4.98 Å². The minimum atomic E-state index is 0.731. The van der Waals surface area contributed by atoms with E-state index < -0.39 is 0 Å². The number of aromatic nitrogens is 4. The molecule has 0 saturated heterocycles. The Bertz CT molecular complexity index is 509. The van der Waals surface area contributed by atoms with Crippen LogP contribution in [0.2, 0.25) is 0 Å². The molecule has 2 aromatic rings. The van der Waals surface area contributed by atoms with Crippen LogP contribution in [0.15, 0.2) is 12.5 Å². The highest BCUT2D eigenvalue weighted by Crippen LogP contribution is 2.26. The average Bonchev–Trinajstić information content (AvgIpc) is 2.82. The van der Waals surface area contributed by atoms with Crippen molar-refractivity contribution >= 4 is 5.82 Å². The number of rotatable bonds is 4. The number of imidazole rings is 1. The highest BCUT2D eigenvalue weighted by molar-refractivity contribution is 5.71. The van der Waals surface area contributed by atoms with Crippen molar-refractivity contribution in [2.24, 2.45) is 7.05 Å². The molecule has 0 aliphatic carbocycles. The number of hydrogen-bond acceptors (Lipinski definition) is 3. The lowest BCUT2D eigenvalue weighted by Crippen LogP contribution is -2.02. The van der Waals surface area contributed by atoms with Gasteiger partial charge in [-0.05, 0) is 13.3 Å². The lowest BCUT2D eigenvalue weighted by Gasteiger charge is -2.04. The Morgan fingerprint density at radius 3 is 2.76 bits per heavy atom. The van der Waals surface area contributed by atoms with Crippen molar-refractivity contribution in [1.29, 1.82) is 0 Å². The van der Waals surface area contributed by atoms with Crippen molar-refractivity contribution in [3.05, 3.63) is 18.2 Å². The Morgan fingerprint density at radius 1 is 1.41 bits per heavy atom. The van der Waals surface area contributed by atoms with Crippen LogP contribution in [0, 0.1) is 6.92 Å². The second-order valence-corrected chi connectivity index (χ2v) is 4.29. The lowest BCUT2D eigenvalue weighted by molar-refractivity contribution is 0.637. The first-order valence-electron chi connectivity index (χ1n) is 5.94. The van der Waals surface area contributed by atoms with Crippen LogP contribution in [-0.2, 0) is 13.6 Å². The number of anilines is 1.